The van der Waals surface area contributed by atoms with E-state index in [0.717, 1.165) is 23.7 Å². The quantitative estimate of drug-likeness (QED) is 0.408. The standard InChI is InChI=1S/C19H38/c1-7-19(5,6)12-10-8-9-11-17-14-16(4)18(17)13-15(2)3/h15-18H,7-14H2,1-6H3. The fraction of sp³-hybridized carbons (Fsp3) is 1.00. The van der Waals surface area contributed by atoms with Crippen LogP contribution < -0.4 is 0 Å². The molecule has 3 unspecified atom stereocenters. The molecule has 0 heterocycles. The topological polar surface area (TPSA) is 0 Å². The lowest BCUT2D eigenvalue weighted by Crippen LogP contribution is -2.35. The van der Waals surface area contributed by atoms with Crippen molar-refractivity contribution in [1.82, 2.24) is 0 Å². The van der Waals surface area contributed by atoms with Crippen molar-refractivity contribution in [2.75, 3.05) is 0 Å². The highest BCUT2D eigenvalue weighted by molar-refractivity contribution is 4.87. The molecule has 0 aromatic carbocycles. The van der Waals surface area contributed by atoms with E-state index < -0.39 is 0 Å². The van der Waals surface area contributed by atoms with Crippen molar-refractivity contribution < 1.29 is 0 Å². The van der Waals surface area contributed by atoms with Gasteiger partial charge < -0.3 is 0 Å². The Morgan fingerprint density at radius 1 is 1.11 bits per heavy atom. The predicted molar refractivity (Wildman–Crippen MR) is 87.4 cm³/mol. The molecule has 1 rings (SSSR count). The van der Waals surface area contributed by atoms with Crippen molar-refractivity contribution in [2.45, 2.75) is 92.9 Å². The molecule has 1 aliphatic carbocycles. The molecule has 0 aromatic heterocycles. The average Bonchev–Trinajstić information content (AvgIpc) is 2.34. The molecule has 0 bridgehead atoms. The molecule has 1 aliphatic rings. The van der Waals surface area contributed by atoms with Gasteiger partial charge in [0.1, 0.15) is 0 Å². The van der Waals surface area contributed by atoms with Crippen LogP contribution in [-0.4, -0.2) is 0 Å². The minimum absolute atomic E-state index is 0.575. The van der Waals surface area contributed by atoms with Gasteiger partial charge in [0.05, 0.1) is 0 Å². The van der Waals surface area contributed by atoms with Gasteiger partial charge in [-0.1, -0.05) is 73.6 Å². The normalized spacial score (nSPS) is 27.6. The van der Waals surface area contributed by atoms with Gasteiger partial charge in [-0.25, -0.2) is 0 Å². The Morgan fingerprint density at radius 2 is 1.79 bits per heavy atom. The predicted octanol–water partition coefficient (Wildman–Crippen LogP) is 6.69. The molecule has 0 amide bonds. The SMILES string of the molecule is CCC(C)(C)CCCCCC1CC(C)C1CC(C)C. The van der Waals surface area contributed by atoms with Gasteiger partial charge >= 0.3 is 0 Å². The maximum atomic E-state index is 2.47. The Bertz CT molecular complexity index is 238. The lowest BCUT2D eigenvalue weighted by atomic mass is 9.61. The van der Waals surface area contributed by atoms with Crippen LogP contribution in [0.3, 0.4) is 0 Å². The van der Waals surface area contributed by atoms with E-state index >= 15 is 0 Å². The van der Waals surface area contributed by atoms with E-state index in [1.165, 1.54) is 51.4 Å². The molecule has 0 nitrogen and oxygen atoms in total. The van der Waals surface area contributed by atoms with Crippen LogP contribution in [0.2, 0.25) is 0 Å². The second-order valence-corrected chi connectivity index (χ2v) is 8.38. The van der Waals surface area contributed by atoms with Gasteiger partial charge in [0.2, 0.25) is 0 Å². The Hall–Kier alpha value is 0. The Labute approximate surface area is 122 Å². The third kappa shape index (κ3) is 5.88. The summed E-state index contributed by atoms with van der Waals surface area (Å²) in [4.78, 5) is 0. The Morgan fingerprint density at radius 3 is 2.32 bits per heavy atom. The number of unbranched alkanes of at least 4 members (excludes halogenated alkanes) is 2. The van der Waals surface area contributed by atoms with Crippen molar-refractivity contribution in [1.29, 1.82) is 0 Å². The lowest BCUT2D eigenvalue weighted by Gasteiger charge is -2.44. The molecule has 1 fully saturated rings. The molecule has 0 aliphatic heterocycles. The van der Waals surface area contributed by atoms with Crippen molar-refractivity contribution in [3.8, 4) is 0 Å². The van der Waals surface area contributed by atoms with Crippen LogP contribution in [0.15, 0.2) is 0 Å². The highest BCUT2D eigenvalue weighted by atomic mass is 14.4. The van der Waals surface area contributed by atoms with Gasteiger partial charge in [-0.05, 0) is 48.3 Å². The smallest absolute Gasteiger partial charge is 0.0357 e. The van der Waals surface area contributed by atoms with Crippen LogP contribution in [0.4, 0.5) is 0 Å². The van der Waals surface area contributed by atoms with E-state index in [1.54, 1.807) is 0 Å². The second kappa shape index (κ2) is 7.70. The summed E-state index contributed by atoms with van der Waals surface area (Å²) in [6.07, 6.45) is 11.6. The first-order chi connectivity index (χ1) is 8.85. The monoisotopic (exact) mass is 266 g/mol. The summed E-state index contributed by atoms with van der Waals surface area (Å²) in [6.45, 7) is 14.4. The number of hydrogen-bond acceptors (Lipinski definition) is 0. The van der Waals surface area contributed by atoms with Crippen LogP contribution in [0.25, 0.3) is 0 Å². The molecule has 0 spiro atoms. The van der Waals surface area contributed by atoms with Crippen molar-refractivity contribution >= 4 is 0 Å². The van der Waals surface area contributed by atoms with Gasteiger partial charge in [-0.2, -0.15) is 0 Å². The minimum Gasteiger partial charge on any atom is -0.0649 e. The van der Waals surface area contributed by atoms with Crippen molar-refractivity contribution in [3.05, 3.63) is 0 Å². The third-order valence-electron chi connectivity index (χ3n) is 5.64. The highest BCUT2D eigenvalue weighted by Crippen LogP contribution is 2.46. The van der Waals surface area contributed by atoms with E-state index in [4.69, 9.17) is 0 Å². The molecule has 1 saturated carbocycles. The summed E-state index contributed by atoms with van der Waals surface area (Å²) in [7, 11) is 0. The summed E-state index contributed by atoms with van der Waals surface area (Å²) in [5.74, 6) is 4.01. The molecule has 0 heteroatoms. The van der Waals surface area contributed by atoms with E-state index in [2.05, 4.69) is 41.5 Å². The van der Waals surface area contributed by atoms with E-state index in [-0.39, 0.29) is 0 Å². The van der Waals surface area contributed by atoms with Gasteiger partial charge in [-0.3, -0.25) is 0 Å². The average molecular weight is 267 g/mol. The summed E-state index contributed by atoms with van der Waals surface area (Å²) in [6, 6.07) is 0. The van der Waals surface area contributed by atoms with E-state index in [9.17, 15) is 0 Å². The first-order valence-corrected chi connectivity index (χ1v) is 8.85. The maximum Gasteiger partial charge on any atom is -0.0357 e. The van der Waals surface area contributed by atoms with Crippen LogP contribution in [0.5, 0.6) is 0 Å². The molecule has 114 valence electrons. The first-order valence-electron chi connectivity index (χ1n) is 8.85. The van der Waals surface area contributed by atoms with Gasteiger partial charge in [-0.15, -0.1) is 0 Å². The molecule has 0 radical (unpaired) electrons. The zero-order chi connectivity index (χ0) is 14.5. The van der Waals surface area contributed by atoms with Gasteiger partial charge in [0.25, 0.3) is 0 Å². The Kier molecular flexibility index (Phi) is 6.91. The number of rotatable bonds is 9. The van der Waals surface area contributed by atoms with Gasteiger partial charge in [0.15, 0.2) is 0 Å². The number of hydrogen-bond donors (Lipinski definition) is 0. The maximum absolute atomic E-state index is 2.47. The van der Waals surface area contributed by atoms with Crippen LogP contribution in [-0.2, 0) is 0 Å². The molecule has 0 N–H and O–H groups in total. The summed E-state index contributed by atoms with van der Waals surface area (Å²) < 4.78 is 0. The fourth-order valence-corrected chi connectivity index (χ4v) is 3.76. The van der Waals surface area contributed by atoms with Gasteiger partial charge in [0, 0.05) is 0 Å². The summed E-state index contributed by atoms with van der Waals surface area (Å²) in [5.41, 5.74) is 0.575. The van der Waals surface area contributed by atoms with Crippen molar-refractivity contribution in [3.63, 3.8) is 0 Å². The van der Waals surface area contributed by atoms with Crippen LogP contribution in [0, 0.1) is 29.1 Å². The summed E-state index contributed by atoms with van der Waals surface area (Å²) >= 11 is 0. The fourth-order valence-electron chi connectivity index (χ4n) is 3.76. The molecular weight excluding hydrogens is 228 g/mol. The Balaban J connectivity index is 2.10. The molecular formula is C19H38. The molecule has 0 aromatic rings. The molecule has 0 saturated heterocycles. The zero-order valence-electron chi connectivity index (χ0n) is 14.5. The van der Waals surface area contributed by atoms with Crippen LogP contribution >= 0.6 is 0 Å². The second-order valence-electron chi connectivity index (χ2n) is 8.38. The lowest BCUT2D eigenvalue weighted by molar-refractivity contribution is 0.0562. The van der Waals surface area contributed by atoms with E-state index in [0.29, 0.717) is 5.41 Å². The third-order valence-corrected chi connectivity index (χ3v) is 5.64. The largest absolute Gasteiger partial charge is 0.0649 e. The first kappa shape index (κ1) is 17.1. The molecule has 19 heavy (non-hydrogen) atoms. The summed E-state index contributed by atoms with van der Waals surface area (Å²) in [5, 5.41) is 0. The van der Waals surface area contributed by atoms with Crippen molar-refractivity contribution in [2.24, 2.45) is 29.1 Å². The zero-order valence-corrected chi connectivity index (χ0v) is 14.5. The highest BCUT2D eigenvalue weighted by Gasteiger charge is 2.37. The minimum atomic E-state index is 0.575. The molecule has 3 atom stereocenters. The van der Waals surface area contributed by atoms with Crippen LogP contribution in [0.1, 0.15) is 92.9 Å². The van der Waals surface area contributed by atoms with E-state index in [1.807, 2.05) is 0 Å².